The molecule has 11 nitrogen and oxygen atoms in total. The van der Waals surface area contributed by atoms with E-state index in [1.54, 1.807) is 23.1 Å². The molecular weight excluding hydrogens is 456 g/mol. The van der Waals surface area contributed by atoms with Crippen molar-refractivity contribution in [1.29, 1.82) is 0 Å². The van der Waals surface area contributed by atoms with Crippen molar-refractivity contribution in [3.8, 4) is 0 Å². The Morgan fingerprint density at radius 2 is 1.80 bits per heavy atom. The molecule has 0 saturated carbocycles. The van der Waals surface area contributed by atoms with Gasteiger partial charge in [0.05, 0.1) is 22.7 Å². The number of piperidine rings is 2. The number of aliphatic carboxylic acids is 1. The number of fused-ring (bicyclic) bond motifs is 1. The lowest BCUT2D eigenvalue weighted by molar-refractivity contribution is -0.153. The monoisotopic (exact) mass is 482 g/mol. The Morgan fingerprint density at radius 3 is 2.51 bits per heavy atom. The lowest BCUT2D eigenvalue weighted by atomic mass is 9.91. The van der Waals surface area contributed by atoms with E-state index in [1.165, 1.54) is 0 Å². The zero-order valence-corrected chi connectivity index (χ0v) is 19.1. The molecule has 0 aliphatic carbocycles. The van der Waals surface area contributed by atoms with Gasteiger partial charge in [0, 0.05) is 39.0 Å². The lowest BCUT2D eigenvalue weighted by Gasteiger charge is -2.39. The van der Waals surface area contributed by atoms with E-state index in [0.29, 0.717) is 25.2 Å². The van der Waals surface area contributed by atoms with E-state index in [4.69, 9.17) is 5.11 Å². The van der Waals surface area contributed by atoms with Crippen molar-refractivity contribution in [1.82, 2.24) is 15.1 Å². The highest BCUT2D eigenvalue weighted by Crippen LogP contribution is 2.36. The van der Waals surface area contributed by atoms with Gasteiger partial charge in [0.15, 0.2) is 0 Å². The molecule has 5 amide bonds. The topological polar surface area (TPSA) is 144 Å². The molecule has 3 saturated heterocycles. The van der Waals surface area contributed by atoms with Crippen molar-refractivity contribution >= 4 is 41.2 Å². The number of nitrogens with zero attached hydrogens (tertiary/aromatic N) is 3. The second kappa shape index (κ2) is 8.79. The van der Waals surface area contributed by atoms with Crippen molar-refractivity contribution in [2.75, 3.05) is 31.1 Å². The highest BCUT2D eigenvalue weighted by Gasteiger charge is 2.46. The number of nitrogens with one attached hydrogen (secondary N) is 1. The number of anilines is 1. The SMILES string of the molecule is O=C1CCC(N2C(=O)c3cccc(N4CCC[C@@H](CC(=O)N5CC(C(=O)O)C5)C4)c3C2=O)C(=O)N1. The van der Waals surface area contributed by atoms with Crippen molar-refractivity contribution in [2.45, 2.75) is 38.1 Å². The van der Waals surface area contributed by atoms with Gasteiger partial charge in [0.2, 0.25) is 17.7 Å². The van der Waals surface area contributed by atoms with Crippen molar-refractivity contribution in [3.63, 3.8) is 0 Å². The number of carbonyl (C=O) groups excluding carboxylic acids is 5. The molecule has 5 rings (SSSR count). The zero-order valence-electron chi connectivity index (χ0n) is 19.1. The summed E-state index contributed by atoms with van der Waals surface area (Å²) in [6.45, 7) is 1.66. The standard InChI is InChI=1S/C24H26N4O7/c29-18-7-6-17(21(31)25-18)28-22(32)15-4-1-5-16(20(15)23(28)33)26-8-2-3-13(10-26)9-19(30)27-11-14(12-27)24(34)35/h1,4-5,13-14,17H,2-3,6-12H2,(H,34,35)(H,25,29,31)/t13-,17?/m0/s1. The Morgan fingerprint density at radius 1 is 1.03 bits per heavy atom. The molecule has 2 atom stereocenters. The first kappa shape index (κ1) is 23.0. The van der Waals surface area contributed by atoms with E-state index in [9.17, 15) is 28.8 Å². The zero-order chi connectivity index (χ0) is 24.9. The molecular formula is C24H26N4O7. The van der Waals surface area contributed by atoms with E-state index < -0.39 is 41.6 Å². The van der Waals surface area contributed by atoms with Crippen LogP contribution in [0.3, 0.4) is 0 Å². The number of carboxylic acids is 1. The van der Waals surface area contributed by atoms with Crippen LogP contribution >= 0.6 is 0 Å². The summed E-state index contributed by atoms with van der Waals surface area (Å²) in [5.41, 5.74) is 1.08. The highest BCUT2D eigenvalue weighted by atomic mass is 16.4. The number of rotatable bonds is 5. The maximum atomic E-state index is 13.4. The molecule has 0 radical (unpaired) electrons. The van der Waals surface area contributed by atoms with Gasteiger partial charge >= 0.3 is 5.97 Å². The number of hydrogen-bond acceptors (Lipinski definition) is 7. The first-order chi connectivity index (χ1) is 16.7. The molecule has 4 aliphatic heterocycles. The lowest BCUT2D eigenvalue weighted by Crippen LogP contribution is -2.54. The second-order valence-corrected chi connectivity index (χ2v) is 9.64. The third-order valence-electron chi connectivity index (χ3n) is 7.35. The van der Waals surface area contributed by atoms with Crippen molar-refractivity contribution in [2.24, 2.45) is 11.8 Å². The van der Waals surface area contributed by atoms with Gasteiger partial charge in [-0.3, -0.25) is 39.0 Å². The van der Waals surface area contributed by atoms with E-state index >= 15 is 0 Å². The molecule has 11 heteroatoms. The summed E-state index contributed by atoms with van der Waals surface area (Å²) >= 11 is 0. The molecule has 4 heterocycles. The summed E-state index contributed by atoms with van der Waals surface area (Å²) in [5.74, 6) is -3.58. The molecule has 35 heavy (non-hydrogen) atoms. The van der Waals surface area contributed by atoms with E-state index in [-0.39, 0.29) is 48.9 Å². The number of likely N-dealkylation sites (tertiary alicyclic amines) is 1. The molecule has 0 spiro atoms. The number of imide groups is 2. The van der Waals surface area contributed by atoms with Gasteiger partial charge in [-0.2, -0.15) is 0 Å². The molecule has 1 unspecified atom stereocenters. The summed E-state index contributed by atoms with van der Waals surface area (Å²) in [7, 11) is 0. The first-order valence-electron chi connectivity index (χ1n) is 11.8. The molecule has 1 aromatic rings. The minimum atomic E-state index is -1.02. The van der Waals surface area contributed by atoms with Crippen LogP contribution in [0.1, 0.15) is 52.8 Å². The maximum Gasteiger partial charge on any atom is 0.310 e. The van der Waals surface area contributed by atoms with Crippen molar-refractivity contribution in [3.05, 3.63) is 29.3 Å². The third-order valence-corrected chi connectivity index (χ3v) is 7.35. The fourth-order valence-corrected chi connectivity index (χ4v) is 5.43. The number of benzene rings is 1. The Bertz CT molecular complexity index is 1140. The minimum absolute atomic E-state index is 0.0365. The molecule has 0 aromatic heterocycles. The predicted molar refractivity (Wildman–Crippen MR) is 120 cm³/mol. The summed E-state index contributed by atoms with van der Waals surface area (Å²) in [4.78, 5) is 78.5. The molecule has 4 aliphatic rings. The van der Waals surface area contributed by atoms with Crippen LogP contribution in [-0.2, 0) is 19.2 Å². The van der Waals surface area contributed by atoms with E-state index in [0.717, 1.165) is 17.7 Å². The quantitative estimate of drug-likeness (QED) is 0.568. The van der Waals surface area contributed by atoms with Gasteiger partial charge in [0.25, 0.3) is 11.8 Å². The fourth-order valence-electron chi connectivity index (χ4n) is 5.43. The number of amides is 5. The van der Waals surface area contributed by atoms with Crippen LogP contribution in [0.5, 0.6) is 0 Å². The van der Waals surface area contributed by atoms with E-state index in [2.05, 4.69) is 5.32 Å². The average Bonchev–Trinajstić information content (AvgIpc) is 3.03. The molecule has 3 fully saturated rings. The molecule has 184 valence electrons. The summed E-state index contributed by atoms with van der Waals surface area (Å²) in [6.07, 6.45) is 2.09. The molecule has 2 N–H and O–H groups in total. The summed E-state index contributed by atoms with van der Waals surface area (Å²) in [5, 5.41) is 11.2. The smallest absolute Gasteiger partial charge is 0.310 e. The molecule has 1 aromatic carbocycles. The number of hydrogen-bond donors (Lipinski definition) is 2. The average molecular weight is 482 g/mol. The Balaban J connectivity index is 1.31. The van der Waals surface area contributed by atoms with Gasteiger partial charge in [-0.15, -0.1) is 0 Å². The van der Waals surface area contributed by atoms with Crippen LogP contribution in [0.2, 0.25) is 0 Å². The van der Waals surface area contributed by atoms with E-state index in [1.807, 2.05) is 4.90 Å². The largest absolute Gasteiger partial charge is 0.481 e. The summed E-state index contributed by atoms with van der Waals surface area (Å²) < 4.78 is 0. The second-order valence-electron chi connectivity index (χ2n) is 9.64. The van der Waals surface area contributed by atoms with Crippen LogP contribution in [0.4, 0.5) is 5.69 Å². The van der Waals surface area contributed by atoms with Gasteiger partial charge < -0.3 is 14.9 Å². The predicted octanol–water partition coefficient (Wildman–Crippen LogP) is 0.237. The van der Waals surface area contributed by atoms with Gasteiger partial charge in [-0.05, 0) is 37.3 Å². The Hall–Kier alpha value is -3.76. The van der Waals surface area contributed by atoms with Crippen LogP contribution in [-0.4, -0.2) is 82.6 Å². The van der Waals surface area contributed by atoms with Gasteiger partial charge in [-0.1, -0.05) is 6.07 Å². The van der Waals surface area contributed by atoms with Crippen LogP contribution < -0.4 is 10.2 Å². The summed E-state index contributed by atoms with van der Waals surface area (Å²) in [6, 6.07) is 4.02. The Labute approximate surface area is 201 Å². The van der Waals surface area contributed by atoms with Gasteiger partial charge in [0.1, 0.15) is 6.04 Å². The molecule has 0 bridgehead atoms. The fraction of sp³-hybridized carbons (Fsp3) is 0.500. The van der Waals surface area contributed by atoms with Crippen molar-refractivity contribution < 1.29 is 33.9 Å². The van der Waals surface area contributed by atoms with Crippen LogP contribution in [0, 0.1) is 11.8 Å². The highest BCUT2D eigenvalue weighted by molar-refractivity contribution is 6.25. The minimum Gasteiger partial charge on any atom is -0.481 e. The number of carbonyl (C=O) groups is 6. The van der Waals surface area contributed by atoms with Crippen LogP contribution in [0.25, 0.3) is 0 Å². The third kappa shape index (κ3) is 4.04. The normalized spacial score (nSPS) is 24.9. The number of carboxylic acid groups (broad SMARTS) is 1. The maximum absolute atomic E-state index is 13.4. The Kier molecular flexibility index (Phi) is 5.78. The first-order valence-corrected chi connectivity index (χ1v) is 11.8. The van der Waals surface area contributed by atoms with Gasteiger partial charge in [-0.25, -0.2) is 0 Å². The van der Waals surface area contributed by atoms with Crippen LogP contribution in [0.15, 0.2) is 18.2 Å².